The Hall–Kier alpha value is -1.44. The largest absolute Gasteiger partial charge is 0.339 e. The Morgan fingerprint density at radius 1 is 0.931 bits per heavy atom. The van der Waals surface area contributed by atoms with E-state index < -0.39 is 10.0 Å². The molecule has 1 amide bonds. The smallest absolute Gasteiger partial charge is 0.243 e. The molecule has 29 heavy (non-hydrogen) atoms. The van der Waals surface area contributed by atoms with Gasteiger partial charge in [-0.25, -0.2) is 8.42 Å². The Balaban J connectivity index is 1.33. The van der Waals surface area contributed by atoms with Gasteiger partial charge in [0.2, 0.25) is 15.9 Å². The van der Waals surface area contributed by atoms with Crippen LogP contribution in [0.5, 0.6) is 0 Å². The van der Waals surface area contributed by atoms with Crippen LogP contribution in [0.3, 0.4) is 0 Å². The molecule has 160 valence electrons. The zero-order valence-electron chi connectivity index (χ0n) is 17.4. The zero-order chi connectivity index (χ0) is 20.4. The molecule has 4 rings (SSSR count). The maximum absolute atomic E-state index is 12.9. The number of piperidine rings is 1. The van der Waals surface area contributed by atoms with Crippen molar-refractivity contribution in [3.05, 3.63) is 29.8 Å². The number of sulfonamides is 1. The number of nitrogens with zero attached hydrogens (tertiary/aromatic N) is 3. The van der Waals surface area contributed by atoms with E-state index in [-0.39, 0.29) is 5.91 Å². The third kappa shape index (κ3) is 4.52. The van der Waals surface area contributed by atoms with Gasteiger partial charge in [0, 0.05) is 32.2 Å². The van der Waals surface area contributed by atoms with Gasteiger partial charge in [-0.05, 0) is 57.2 Å². The summed E-state index contributed by atoms with van der Waals surface area (Å²) in [6, 6.07) is 7.55. The lowest BCUT2D eigenvalue weighted by Gasteiger charge is -2.44. The minimum atomic E-state index is -3.49. The molecule has 1 aromatic rings. The van der Waals surface area contributed by atoms with Crippen LogP contribution in [-0.4, -0.2) is 73.7 Å². The van der Waals surface area contributed by atoms with Gasteiger partial charge in [0.05, 0.1) is 11.4 Å². The minimum absolute atomic E-state index is 0.156. The molecule has 0 bridgehead atoms. The van der Waals surface area contributed by atoms with Gasteiger partial charge >= 0.3 is 0 Å². The molecule has 3 aliphatic rings. The molecule has 0 N–H and O–H groups in total. The molecule has 7 heteroatoms. The van der Waals surface area contributed by atoms with E-state index in [1.54, 1.807) is 12.1 Å². The number of rotatable bonds is 4. The van der Waals surface area contributed by atoms with E-state index in [1.165, 1.54) is 42.8 Å². The van der Waals surface area contributed by atoms with Crippen LogP contribution in [0.15, 0.2) is 29.2 Å². The van der Waals surface area contributed by atoms with Crippen LogP contribution in [0.1, 0.15) is 44.1 Å². The summed E-state index contributed by atoms with van der Waals surface area (Å²) in [4.78, 5) is 17.5. The Labute approximate surface area is 174 Å². The minimum Gasteiger partial charge on any atom is -0.339 e. The van der Waals surface area contributed by atoms with Gasteiger partial charge in [-0.3, -0.25) is 9.69 Å². The molecule has 1 aromatic carbocycles. The standard InChI is InChI=1S/C22H33N3O3S/c1-18-8-10-20(11-9-18)29(27,28)25-15-13-23(14-16-25)22(26)17-24-12-4-6-19-5-2-3-7-21(19)24/h8-11,19,21H,2-7,12-17H2,1H3/t19-,21-/m0/s1. The van der Waals surface area contributed by atoms with Crippen LogP contribution >= 0.6 is 0 Å². The quantitative estimate of drug-likeness (QED) is 0.752. The van der Waals surface area contributed by atoms with Crippen molar-refractivity contribution < 1.29 is 13.2 Å². The van der Waals surface area contributed by atoms with Crippen molar-refractivity contribution in [3.8, 4) is 0 Å². The van der Waals surface area contributed by atoms with Crippen molar-refractivity contribution in [2.45, 2.75) is 56.4 Å². The van der Waals surface area contributed by atoms with E-state index in [0.29, 0.717) is 43.7 Å². The van der Waals surface area contributed by atoms with Crippen molar-refractivity contribution in [2.24, 2.45) is 5.92 Å². The predicted octanol–water partition coefficient (Wildman–Crippen LogP) is 2.48. The number of amides is 1. The molecule has 2 aliphatic heterocycles. The van der Waals surface area contributed by atoms with E-state index in [2.05, 4.69) is 4.90 Å². The first kappa shape index (κ1) is 20.8. The second-order valence-electron chi connectivity index (χ2n) is 8.82. The van der Waals surface area contributed by atoms with E-state index in [1.807, 2.05) is 24.0 Å². The van der Waals surface area contributed by atoms with E-state index in [0.717, 1.165) is 18.0 Å². The summed E-state index contributed by atoms with van der Waals surface area (Å²) in [7, 11) is -3.49. The van der Waals surface area contributed by atoms with Crippen molar-refractivity contribution in [2.75, 3.05) is 39.3 Å². The molecule has 0 aromatic heterocycles. The summed E-state index contributed by atoms with van der Waals surface area (Å²) >= 11 is 0. The SMILES string of the molecule is Cc1ccc(S(=O)(=O)N2CCN(C(=O)CN3CCC[C@@H]4CCCC[C@@H]43)CC2)cc1. The molecular formula is C22H33N3O3S. The Kier molecular flexibility index (Phi) is 6.27. The number of piperazine rings is 1. The number of fused-ring (bicyclic) bond motifs is 1. The molecule has 2 saturated heterocycles. The number of carbonyl (C=O) groups excluding carboxylic acids is 1. The first-order valence-electron chi connectivity index (χ1n) is 11.0. The molecule has 2 atom stereocenters. The average molecular weight is 420 g/mol. The fraction of sp³-hybridized carbons (Fsp3) is 0.682. The summed E-state index contributed by atoms with van der Waals surface area (Å²) in [6.45, 7) is 5.15. The van der Waals surface area contributed by atoms with E-state index in [4.69, 9.17) is 0 Å². The molecule has 1 aliphatic carbocycles. The molecule has 6 nitrogen and oxygen atoms in total. The number of carbonyl (C=O) groups is 1. The Bertz CT molecular complexity index is 814. The van der Waals surface area contributed by atoms with Gasteiger partial charge in [0.15, 0.2) is 0 Å². The normalized spacial score (nSPS) is 26.9. The number of aryl methyl sites for hydroxylation is 1. The highest BCUT2D eigenvalue weighted by molar-refractivity contribution is 7.89. The van der Waals surface area contributed by atoms with Crippen LogP contribution in [-0.2, 0) is 14.8 Å². The summed E-state index contributed by atoms with van der Waals surface area (Å²) < 4.78 is 27.2. The monoisotopic (exact) mass is 419 g/mol. The van der Waals surface area contributed by atoms with Gasteiger partial charge in [-0.2, -0.15) is 4.31 Å². The predicted molar refractivity (Wildman–Crippen MR) is 113 cm³/mol. The summed E-state index contributed by atoms with van der Waals surface area (Å²) in [5, 5.41) is 0. The number of hydrogen-bond acceptors (Lipinski definition) is 4. The highest BCUT2D eigenvalue weighted by Gasteiger charge is 2.36. The lowest BCUT2D eigenvalue weighted by atomic mass is 9.78. The number of benzene rings is 1. The number of likely N-dealkylation sites (tertiary alicyclic amines) is 1. The average Bonchev–Trinajstić information content (AvgIpc) is 2.74. The van der Waals surface area contributed by atoms with Crippen LogP contribution in [0, 0.1) is 12.8 Å². The lowest BCUT2D eigenvalue weighted by Crippen LogP contribution is -2.55. The van der Waals surface area contributed by atoms with Gasteiger partial charge in [-0.1, -0.05) is 30.5 Å². The second-order valence-corrected chi connectivity index (χ2v) is 10.8. The molecule has 2 heterocycles. The molecule has 1 saturated carbocycles. The van der Waals surface area contributed by atoms with Gasteiger partial charge in [0.1, 0.15) is 0 Å². The van der Waals surface area contributed by atoms with Crippen molar-refractivity contribution in [3.63, 3.8) is 0 Å². The molecule has 0 unspecified atom stereocenters. The summed E-state index contributed by atoms with van der Waals surface area (Å²) in [6.07, 6.45) is 7.65. The third-order valence-corrected chi connectivity index (χ3v) is 8.86. The number of hydrogen-bond donors (Lipinski definition) is 0. The second kappa shape index (κ2) is 8.74. The molecular weight excluding hydrogens is 386 g/mol. The van der Waals surface area contributed by atoms with Gasteiger partial charge in [-0.15, -0.1) is 0 Å². The Morgan fingerprint density at radius 3 is 2.31 bits per heavy atom. The summed E-state index contributed by atoms with van der Waals surface area (Å²) in [5.74, 6) is 0.922. The van der Waals surface area contributed by atoms with Crippen molar-refractivity contribution in [1.82, 2.24) is 14.1 Å². The van der Waals surface area contributed by atoms with E-state index in [9.17, 15) is 13.2 Å². The van der Waals surface area contributed by atoms with Crippen LogP contribution in [0.25, 0.3) is 0 Å². The highest BCUT2D eigenvalue weighted by Crippen LogP contribution is 2.35. The topological polar surface area (TPSA) is 60.9 Å². The molecule has 0 spiro atoms. The fourth-order valence-corrected chi connectivity index (χ4v) is 6.66. The maximum atomic E-state index is 12.9. The van der Waals surface area contributed by atoms with Crippen molar-refractivity contribution >= 4 is 15.9 Å². The molecule has 3 fully saturated rings. The third-order valence-electron chi connectivity index (χ3n) is 6.95. The van der Waals surface area contributed by atoms with Gasteiger partial charge in [0.25, 0.3) is 0 Å². The van der Waals surface area contributed by atoms with Crippen LogP contribution < -0.4 is 0 Å². The van der Waals surface area contributed by atoms with E-state index >= 15 is 0 Å². The molecule has 0 radical (unpaired) electrons. The van der Waals surface area contributed by atoms with Gasteiger partial charge < -0.3 is 4.90 Å². The first-order valence-corrected chi connectivity index (χ1v) is 12.5. The zero-order valence-corrected chi connectivity index (χ0v) is 18.2. The highest BCUT2D eigenvalue weighted by atomic mass is 32.2. The summed E-state index contributed by atoms with van der Waals surface area (Å²) in [5.41, 5.74) is 1.04. The first-order chi connectivity index (χ1) is 13.9. The van der Waals surface area contributed by atoms with Crippen molar-refractivity contribution in [1.29, 1.82) is 0 Å². The maximum Gasteiger partial charge on any atom is 0.243 e. The van der Waals surface area contributed by atoms with Crippen LogP contribution in [0.2, 0.25) is 0 Å². The lowest BCUT2D eigenvalue weighted by molar-refractivity contribution is -0.135. The Morgan fingerprint density at radius 2 is 1.59 bits per heavy atom. The fourth-order valence-electron chi connectivity index (χ4n) is 5.24. The van der Waals surface area contributed by atoms with Crippen LogP contribution in [0.4, 0.5) is 0 Å².